The van der Waals surface area contributed by atoms with E-state index in [1.165, 1.54) is 0 Å². The van der Waals surface area contributed by atoms with E-state index in [-0.39, 0.29) is 17.5 Å². The third-order valence-corrected chi connectivity index (χ3v) is 4.38. The van der Waals surface area contributed by atoms with E-state index < -0.39 is 0 Å². The van der Waals surface area contributed by atoms with Gasteiger partial charge in [-0.05, 0) is 29.8 Å². The number of fused-ring (bicyclic) bond motifs is 2. The van der Waals surface area contributed by atoms with Crippen LogP contribution in [-0.4, -0.2) is 10.9 Å². The summed E-state index contributed by atoms with van der Waals surface area (Å²) in [7, 11) is 0. The summed E-state index contributed by atoms with van der Waals surface area (Å²) in [6.07, 6.45) is 0. The van der Waals surface area contributed by atoms with Crippen molar-refractivity contribution in [3.63, 3.8) is 0 Å². The highest BCUT2D eigenvalue weighted by Gasteiger charge is 2.26. The number of rotatable bonds is 0. The van der Waals surface area contributed by atoms with Gasteiger partial charge in [-0.2, -0.15) is 0 Å². The van der Waals surface area contributed by atoms with E-state index in [9.17, 15) is 9.90 Å². The van der Waals surface area contributed by atoms with E-state index in [0.29, 0.717) is 5.56 Å². The Bertz CT molecular complexity index is 634. The van der Waals surface area contributed by atoms with Gasteiger partial charge in [0.2, 0.25) is 0 Å². The number of phenolic OH excluding ortho intramolecular Hbond substituents is 1. The molecule has 0 spiro atoms. The van der Waals surface area contributed by atoms with Crippen molar-refractivity contribution in [2.45, 2.75) is 22.6 Å². The molecule has 2 aromatic carbocycles. The van der Waals surface area contributed by atoms with Crippen LogP contribution >= 0.6 is 11.8 Å². The molecule has 0 saturated carbocycles. The number of hydrogen-bond acceptors (Lipinski definition) is 3. The zero-order chi connectivity index (χ0) is 12.7. The molecule has 1 N–H and O–H groups in total. The first-order valence-electron chi connectivity index (χ1n) is 5.81. The van der Waals surface area contributed by atoms with Gasteiger partial charge in [0, 0.05) is 21.3 Å². The van der Waals surface area contributed by atoms with Crippen molar-refractivity contribution in [1.82, 2.24) is 0 Å². The molecule has 0 bridgehead atoms. The summed E-state index contributed by atoms with van der Waals surface area (Å²) in [5.74, 6) is 0.169. The normalized spacial score (nSPS) is 17.8. The van der Waals surface area contributed by atoms with Crippen LogP contribution in [0.3, 0.4) is 0 Å². The standard InChI is InChI=1S/C15H12O2S/c1-9-11-4-2-3-5-13(11)18-14-8-10(16)6-7-12(14)15(9)17/h2-9,16H,1H3. The highest BCUT2D eigenvalue weighted by Crippen LogP contribution is 2.42. The molecule has 2 nitrogen and oxygen atoms in total. The predicted molar refractivity (Wildman–Crippen MR) is 71.4 cm³/mol. The van der Waals surface area contributed by atoms with Crippen molar-refractivity contribution in [3.8, 4) is 5.75 Å². The fourth-order valence-electron chi connectivity index (χ4n) is 2.22. The first kappa shape index (κ1) is 11.4. The Hall–Kier alpha value is -1.74. The summed E-state index contributed by atoms with van der Waals surface area (Å²) in [6.45, 7) is 1.93. The van der Waals surface area contributed by atoms with Crippen molar-refractivity contribution in [3.05, 3.63) is 53.6 Å². The lowest BCUT2D eigenvalue weighted by Crippen LogP contribution is -2.09. The first-order chi connectivity index (χ1) is 8.66. The molecule has 1 atom stereocenters. The van der Waals surface area contributed by atoms with Gasteiger partial charge in [-0.1, -0.05) is 36.9 Å². The van der Waals surface area contributed by atoms with Crippen LogP contribution in [0, 0.1) is 0 Å². The van der Waals surface area contributed by atoms with Gasteiger partial charge in [0.1, 0.15) is 5.75 Å². The summed E-state index contributed by atoms with van der Waals surface area (Å²) in [5, 5.41) is 9.56. The molecule has 1 unspecified atom stereocenters. The molecular weight excluding hydrogens is 244 g/mol. The molecule has 0 aromatic heterocycles. The second-order valence-electron chi connectivity index (χ2n) is 4.41. The van der Waals surface area contributed by atoms with Gasteiger partial charge in [-0.15, -0.1) is 0 Å². The Balaban J connectivity index is 2.24. The van der Waals surface area contributed by atoms with Gasteiger partial charge >= 0.3 is 0 Å². The molecule has 0 aliphatic carbocycles. The lowest BCUT2D eigenvalue weighted by molar-refractivity contribution is 0.0963. The lowest BCUT2D eigenvalue weighted by Gasteiger charge is -2.10. The SMILES string of the molecule is CC1C(=O)c2ccc(O)cc2Sc2ccccc21. The number of benzene rings is 2. The van der Waals surface area contributed by atoms with Gasteiger partial charge < -0.3 is 5.11 Å². The average molecular weight is 256 g/mol. The Kier molecular flexibility index (Phi) is 2.63. The maximum atomic E-state index is 12.4. The predicted octanol–water partition coefficient (Wildman–Crippen LogP) is 3.84. The second kappa shape index (κ2) is 4.18. The van der Waals surface area contributed by atoms with Gasteiger partial charge in [-0.25, -0.2) is 0 Å². The number of aromatic hydroxyl groups is 1. The molecule has 3 heteroatoms. The van der Waals surface area contributed by atoms with Crippen LogP contribution in [0.25, 0.3) is 0 Å². The monoisotopic (exact) mass is 256 g/mol. The average Bonchev–Trinajstić information content (AvgIpc) is 2.47. The van der Waals surface area contributed by atoms with Gasteiger partial charge in [0.15, 0.2) is 5.78 Å². The molecule has 1 aliphatic rings. The fourth-order valence-corrected chi connectivity index (χ4v) is 3.43. The molecule has 90 valence electrons. The quantitative estimate of drug-likeness (QED) is 0.778. The molecule has 1 heterocycles. The Labute approximate surface area is 110 Å². The minimum atomic E-state index is -0.139. The van der Waals surface area contributed by atoms with Crippen LogP contribution in [0.4, 0.5) is 0 Å². The number of Topliss-reactive ketones (excluding diaryl/α,β-unsaturated/α-hetero) is 1. The van der Waals surface area contributed by atoms with Crippen molar-refractivity contribution in [2.24, 2.45) is 0 Å². The zero-order valence-corrected chi connectivity index (χ0v) is 10.7. The highest BCUT2D eigenvalue weighted by molar-refractivity contribution is 7.99. The van der Waals surface area contributed by atoms with Gasteiger partial charge in [-0.3, -0.25) is 4.79 Å². The lowest BCUT2D eigenvalue weighted by atomic mass is 9.92. The largest absolute Gasteiger partial charge is 0.508 e. The van der Waals surface area contributed by atoms with Crippen LogP contribution in [0.1, 0.15) is 28.8 Å². The molecule has 0 fully saturated rings. The summed E-state index contributed by atoms with van der Waals surface area (Å²) in [6, 6.07) is 12.9. The molecule has 0 radical (unpaired) electrons. The fraction of sp³-hybridized carbons (Fsp3) is 0.133. The molecule has 1 aliphatic heterocycles. The zero-order valence-electron chi connectivity index (χ0n) is 9.88. The van der Waals surface area contributed by atoms with E-state index in [1.54, 1.807) is 30.0 Å². The maximum absolute atomic E-state index is 12.4. The van der Waals surface area contributed by atoms with E-state index in [4.69, 9.17) is 0 Å². The first-order valence-corrected chi connectivity index (χ1v) is 6.62. The summed E-state index contributed by atoms with van der Waals surface area (Å²) in [5.41, 5.74) is 1.75. The van der Waals surface area contributed by atoms with Crippen LogP contribution in [0.15, 0.2) is 52.3 Å². The van der Waals surface area contributed by atoms with Crippen molar-refractivity contribution in [1.29, 1.82) is 0 Å². The smallest absolute Gasteiger partial charge is 0.171 e. The summed E-state index contributed by atoms with van der Waals surface area (Å²) < 4.78 is 0. The Morgan fingerprint density at radius 1 is 1.11 bits per heavy atom. The maximum Gasteiger partial charge on any atom is 0.171 e. The van der Waals surface area contributed by atoms with E-state index in [0.717, 1.165) is 15.4 Å². The van der Waals surface area contributed by atoms with Crippen LogP contribution < -0.4 is 0 Å². The van der Waals surface area contributed by atoms with Crippen LogP contribution in [0.5, 0.6) is 5.75 Å². The number of ketones is 1. The Morgan fingerprint density at radius 2 is 1.89 bits per heavy atom. The van der Waals surface area contributed by atoms with Gasteiger partial charge in [0.05, 0.1) is 0 Å². The number of hydrogen-bond donors (Lipinski definition) is 1. The molecule has 0 saturated heterocycles. The molecular formula is C15H12O2S. The topological polar surface area (TPSA) is 37.3 Å². The minimum Gasteiger partial charge on any atom is -0.508 e. The summed E-state index contributed by atoms with van der Waals surface area (Å²) in [4.78, 5) is 14.3. The van der Waals surface area contributed by atoms with E-state index in [1.807, 2.05) is 31.2 Å². The molecule has 3 rings (SSSR count). The number of carbonyl (C=O) groups is 1. The van der Waals surface area contributed by atoms with Crippen LogP contribution in [0.2, 0.25) is 0 Å². The van der Waals surface area contributed by atoms with Crippen molar-refractivity contribution in [2.75, 3.05) is 0 Å². The summed E-state index contributed by atoms with van der Waals surface area (Å²) >= 11 is 1.54. The third kappa shape index (κ3) is 1.71. The highest BCUT2D eigenvalue weighted by atomic mass is 32.2. The van der Waals surface area contributed by atoms with Crippen molar-refractivity contribution >= 4 is 17.5 Å². The van der Waals surface area contributed by atoms with Crippen molar-refractivity contribution < 1.29 is 9.90 Å². The van der Waals surface area contributed by atoms with E-state index >= 15 is 0 Å². The molecule has 18 heavy (non-hydrogen) atoms. The Morgan fingerprint density at radius 3 is 2.72 bits per heavy atom. The van der Waals surface area contributed by atoms with E-state index in [2.05, 4.69) is 0 Å². The molecule has 0 amide bonds. The number of phenols is 1. The third-order valence-electron chi connectivity index (χ3n) is 3.23. The molecule has 2 aromatic rings. The van der Waals surface area contributed by atoms with Gasteiger partial charge in [0.25, 0.3) is 0 Å². The minimum absolute atomic E-state index is 0.113. The van der Waals surface area contributed by atoms with Crippen LogP contribution in [-0.2, 0) is 0 Å². The second-order valence-corrected chi connectivity index (χ2v) is 5.49. The number of carbonyl (C=O) groups excluding carboxylic acids is 1.